The van der Waals surface area contributed by atoms with Crippen molar-refractivity contribution in [3.63, 3.8) is 0 Å². The van der Waals surface area contributed by atoms with Crippen LogP contribution in [0.15, 0.2) is 100 Å². The first-order valence-corrected chi connectivity index (χ1v) is 11.7. The molecule has 32 heavy (non-hydrogen) atoms. The molecule has 0 aliphatic rings. The molecule has 3 aromatic carbocycles. The lowest BCUT2D eigenvalue weighted by atomic mass is 10.2. The third-order valence-electron chi connectivity index (χ3n) is 4.48. The van der Waals surface area contributed by atoms with Gasteiger partial charge in [-0.1, -0.05) is 66.0 Å². The normalized spacial score (nSPS) is 10.7. The fraction of sp³-hybridized carbons (Fsp3) is 0.0800. The van der Waals surface area contributed by atoms with Crippen LogP contribution in [0.4, 0.5) is 10.1 Å². The van der Waals surface area contributed by atoms with Crippen LogP contribution in [-0.4, -0.2) is 15.9 Å². The Morgan fingerprint density at radius 3 is 2.53 bits per heavy atom. The number of amides is 1. The number of aromatic nitrogens is 2. The number of rotatable bonds is 7. The molecule has 0 bridgehead atoms. The molecule has 0 radical (unpaired) electrons. The zero-order valence-electron chi connectivity index (χ0n) is 17.3. The summed E-state index contributed by atoms with van der Waals surface area (Å²) in [7, 11) is 0. The minimum atomic E-state index is -0.292. The lowest BCUT2D eigenvalue weighted by Gasteiger charge is -2.11. The highest BCUT2D eigenvalue weighted by Crippen LogP contribution is 2.31. The summed E-state index contributed by atoms with van der Waals surface area (Å²) in [6.07, 6.45) is 1.68. The van der Waals surface area contributed by atoms with E-state index in [4.69, 9.17) is 0 Å². The van der Waals surface area contributed by atoms with E-state index in [0.29, 0.717) is 27.2 Å². The highest BCUT2D eigenvalue weighted by Gasteiger charge is 2.17. The number of thioether (sulfide) groups is 1. The van der Waals surface area contributed by atoms with Crippen LogP contribution in [0.25, 0.3) is 0 Å². The number of hydrogen-bond acceptors (Lipinski definition) is 5. The molecule has 4 nitrogen and oxygen atoms in total. The number of benzene rings is 3. The van der Waals surface area contributed by atoms with E-state index in [1.165, 1.54) is 35.7 Å². The quantitative estimate of drug-likeness (QED) is 0.248. The fourth-order valence-corrected chi connectivity index (χ4v) is 4.58. The number of hydrogen-bond donors (Lipinski definition) is 1. The molecule has 4 aromatic rings. The first-order valence-electron chi connectivity index (χ1n) is 9.92. The van der Waals surface area contributed by atoms with Gasteiger partial charge in [-0.2, -0.15) is 0 Å². The van der Waals surface area contributed by atoms with Gasteiger partial charge in [0.2, 0.25) is 0 Å². The van der Waals surface area contributed by atoms with Crippen LogP contribution in [0.1, 0.15) is 21.6 Å². The van der Waals surface area contributed by atoms with Crippen LogP contribution in [0, 0.1) is 12.7 Å². The number of halogens is 1. The average molecular weight is 462 g/mol. The Morgan fingerprint density at radius 2 is 1.78 bits per heavy atom. The molecular formula is C25H20FN3OS2. The second-order valence-electron chi connectivity index (χ2n) is 7.02. The highest BCUT2D eigenvalue weighted by molar-refractivity contribution is 7.99. The maximum Gasteiger partial charge on any atom is 0.275 e. The van der Waals surface area contributed by atoms with Crippen LogP contribution in [-0.2, 0) is 5.75 Å². The number of nitrogens with zero attached hydrogens (tertiary/aromatic N) is 2. The average Bonchev–Trinajstić information content (AvgIpc) is 2.80. The molecule has 1 N–H and O–H groups in total. The van der Waals surface area contributed by atoms with Crippen molar-refractivity contribution in [2.24, 2.45) is 0 Å². The van der Waals surface area contributed by atoms with Gasteiger partial charge in [0.1, 0.15) is 11.5 Å². The molecule has 0 saturated heterocycles. The van der Waals surface area contributed by atoms with Crippen molar-refractivity contribution in [1.29, 1.82) is 0 Å². The number of anilines is 1. The van der Waals surface area contributed by atoms with Crippen LogP contribution in [0.3, 0.4) is 0 Å². The topological polar surface area (TPSA) is 54.9 Å². The summed E-state index contributed by atoms with van der Waals surface area (Å²) in [4.78, 5) is 23.8. The van der Waals surface area contributed by atoms with Crippen molar-refractivity contribution in [3.05, 3.63) is 108 Å². The zero-order chi connectivity index (χ0) is 22.3. The van der Waals surface area contributed by atoms with E-state index >= 15 is 0 Å². The predicted molar refractivity (Wildman–Crippen MR) is 128 cm³/mol. The summed E-state index contributed by atoms with van der Waals surface area (Å²) in [6.45, 7) is 1.97. The second-order valence-corrected chi connectivity index (χ2v) is 9.08. The summed E-state index contributed by atoms with van der Waals surface area (Å²) >= 11 is 2.85. The Kier molecular flexibility index (Phi) is 7.19. The van der Waals surface area contributed by atoms with Gasteiger partial charge in [0.15, 0.2) is 5.16 Å². The minimum Gasteiger partial charge on any atom is -0.321 e. The van der Waals surface area contributed by atoms with Crippen LogP contribution in [0.2, 0.25) is 0 Å². The van der Waals surface area contributed by atoms with Crippen LogP contribution < -0.4 is 5.32 Å². The van der Waals surface area contributed by atoms with Gasteiger partial charge in [0, 0.05) is 22.5 Å². The van der Waals surface area contributed by atoms with E-state index in [-0.39, 0.29) is 11.7 Å². The standard InChI is InChI=1S/C25H20FN3OS2/c1-17-6-5-7-20(14-17)28-24(30)23-22(32-21-8-3-2-4-9-21)15-27-25(29-23)31-16-18-10-12-19(26)13-11-18/h2-15H,16H2,1H3,(H,28,30). The molecule has 0 saturated carbocycles. The van der Waals surface area contributed by atoms with Crippen molar-refractivity contribution >= 4 is 35.1 Å². The van der Waals surface area contributed by atoms with Crippen molar-refractivity contribution in [2.75, 3.05) is 5.32 Å². The minimum absolute atomic E-state index is 0.271. The highest BCUT2D eigenvalue weighted by atomic mass is 32.2. The van der Waals surface area contributed by atoms with Gasteiger partial charge in [-0.25, -0.2) is 14.4 Å². The smallest absolute Gasteiger partial charge is 0.275 e. The molecule has 0 spiro atoms. The lowest BCUT2D eigenvalue weighted by Crippen LogP contribution is -2.16. The molecule has 0 unspecified atom stereocenters. The third-order valence-corrected chi connectivity index (χ3v) is 6.44. The third kappa shape index (κ3) is 5.96. The first-order chi connectivity index (χ1) is 15.6. The van der Waals surface area contributed by atoms with Crippen molar-refractivity contribution in [1.82, 2.24) is 9.97 Å². The van der Waals surface area contributed by atoms with E-state index in [9.17, 15) is 9.18 Å². The fourth-order valence-electron chi connectivity index (χ4n) is 2.92. The molecule has 4 rings (SSSR count). The van der Waals surface area contributed by atoms with Crippen molar-refractivity contribution < 1.29 is 9.18 Å². The van der Waals surface area contributed by atoms with E-state index in [1.807, 2.05) is 61.5 Å². The second kappa shape index (κ2) is 10.4. The predicted octanol–water partition coefficient (Wildman–Crippen LogP) is 6.62. The molecule has 0 aliphatic heterocycles. The number of aryl methyl sites for hydroxylation is 1. The number of carbonyl (C=O) groups excluding carboxylic acids is 1. The van der Waals surface area contributed by atoms with Crippen LogP contribution >= 0.6 is 23.5 Å². The van der Waals surface area contributed by atoms with Crippen molar-refractivity contribution in [3.8, 4) is 0 Å². The Hall–Kier alpha value is -3.16. The van der Waals surface area contributed by atoms with Gasteiger partial charge in [-0.3, -0.25) is 4.79 Å². The maximum absolute atomic E-state index is 13.1. The molecule has 0 fully saturated rings. The lowest BCUT2D eigenvalue weighted by molar-refractivity contribution is 0.101. The summed E-state index contributed by atoms with van der Waals surface area (Å²) in [5.74, 6) is 0.0113. The van der Waals surface area contributed by atoms with Gasteiger partial charge >= 0.3 is 0 Å². The molecule has 0 atom stereocenters. The Labute approximate surface area is 194 Å². The Balaban J connectivity index is 1.59. The summed E-state index contributed by atoms with van der Waals surface area (Å²) in [6, 6.07) is 23.7. The van der Waals surface area contributed by atoms with Gasteiger partial charge in [-0.05, 0) is 54.4 Å². The van der Waals surface area contributed by atoms with Gasteiger partial charge in [-0.15, -0.1) is 0 Å². The van der Waals surface area contributed by atoms with Crippen molar-refractivity contribution in [2.45, 2.75) is 27.6 Å². The molecule has 160 valence electrons. The number of carbonyl (C=O) groups is 1. The Morgan fingerprint density at radius 1 is 1.00 bits per heavy atom. The molecule has 7 heteroatoms. The van der Waals surface area contributed by atoms with Gasteiger partial charge in [0.25, 0.3) is 5.91 Å². The molecule has 1 aromatic heterocycles. The van der Waals surface area contributed by atoms with Gasteiger partial charge in [0.05, 0.1) is 4.90 Å². The largest absolute Gasteiger partial charge is 0.321 e. The van der Waals surface area contributed by atoms with E-state index in [2.05, 4.69) is 15.3 Å². The maximum atomic E-state index is 13.1. The summed E-state index contributed by atoms with van der Waals surface area (Å²) < 4.78 is 13.1. The zero-order valence-corrected chi connectivity index (χ0v) is 18.9. The SMILES string of the molecule is Cc1cccc(NC(=O)c2nc(SCc3ccc(F)cc3)ncc2Sc2ccccc2)c1. The Bertz CT molecular complexity index is 1220. The molecule has 0 aliphatic carbocycles. The van der Waals surface area contributed by atoms with E-state index in [0.717, 1.165) is 16.0 Å². The van der Waals surface area contributed by atoms with Gasteiger partial charge < -0.3 is 5.32 Å². The summed E-state index contributed by atoms with van der Waals surface area (Å²) in [5.41, 5.74) is 3.04. The monoisotopic (exact) mass is 461 g/mol. The molecular weight excluding hydrogens is 441 g/mol. The van der Waals surface area contributed by atoms with E-state index in [1.54, 1.807) is 18.3 Å². The van der Waals surface area contributed by atoms with E-state index < -0.39 is 0 Å². The molecule has 1 heterocycles. The number of nitrogens with one attached hydrogen (secondary N) is 1. The van der Waals surface area contributed by atoms with Crippen LogP contribution in [0.5, 0.6) is 0 Å². The summed E-state index contributed by atoms with van der Waals surface area (Å²) in [5, 5.41) is 3.43. The first kappa shape index (κ1) is 22.0. The molecule has 1 amide bonds.